The molecule has 0 bridgehead atoms. The summed E-state index contributed by atoms with van der Waals surface area (Å²) >= 11 is 0. The largest absolute Gasteiger partial charge is 0.721 e. The number of hydrogen-bond acceptors (Lipinski definition) is 3. The highest BCUT2D eigenvalue weighted by Crippen LogP contribution is 1.95. The van der Waals surface area contributed by atoms with E-state index in [1.54, 1.807) is 0 Å². The Morgan fingerprint density at radius 1 is 1.07 bits per heavy atom. The van der Waals surface area contributed by atoms with Crippen molar-refractivity contribution in [2.75, 3.05) is 14.2 Å². The van der Waals surface area contributed by atoms with Crippen molar-refractivity contribution in [3.8, 4) is 12.0 Å². The SMILES string of the molecule is COB(OC)OC#Cc1ccccc1. The van der Waals surface area contributed by atoms with Crippen LogP contribution in [-0.2, 0) is 14.0 Å². The van der Waals surface area contributed by atoms with E-state index < -0.39 is 7.32 Å². The van der Waals surface area contributed by atoms with Gasteiger partial charge in [0.05, 0.1) is 6.11 Å². The summed E-state index contributed by atoms with van der Waals surface area (Å²) in [7, 11) is 2.24. The first kappa shape index (κ1) is 10.6. The lowest BCUT2D eigenvalue weighted by Gasteiger charge is -2.02. The van der Waals surface area contributed by atoms with E-state index in [1.807, 2.05) is 30.3 Å². The minimum Gasteiger partial charge on any atom is -0.462 e. The zero-order valence-corrected chi connectivity index (χ0v) is 8.19. The van der Waals surface area contributed by atoms with Gasteiger partial charge in [-0.2, -0.15) is 0 Å². The average Bonchev–Trinajstić information content (AvgIpc) is 2.26. The highest BCUT2D eigenvalue weighted by Gasteiger charge is 2.17. The van der Waals surface area contributed by atoms with E-state index >= 15 is 0 Å². The lowest BCUT2D eigenvalue weighted by atomic mass is 10.2. The van der Waals surface area contributed by atoms with Crippen molar-refractivity contribution in [1.82, 2.24) is 0 Å². The molecule has 0 unspecified atom stereocenters. The molecule has 1 aromatic carbocycles. The molecule has 0 aliphatic rings. The van der Waals surface area contributed by atoms with Gasteiger partial charge < -0.3 is 14.0 Å². The second-order valence-electron chi connectivity index (χ2n) is 2.47. The monoisotopic (exact) mass is 190 g/mol. The van der Waals surface area contributed by atoms with Gasteiger partial charge in [0.25, 0.3) is 0 Å². The van der Waals surface area contributed by atoms with Crippen LogP contribution in [0.3, 0.4) is 0 Å². The van der Waals surface area contributed by atoms with Crippen LogP contribution in [0.25, 0.3) is 0 Å². The van der Waals surface area contributed by atoms with E-state index in [0.717, 1.165) is 5.56 Å². The Morgan fingerprint density at radius 3 is 2.29 bits per heavy atom. The van der Waals surface area contributed by atoms with Gasteiger partial charge in [0, 0.05) is 19.8 Å². The second-order valence-corrected chi connectivity index (χ2v) is 2.47. The summed E-state index contributed by atoms with van der Waals surface area (Å²) < 4.78 is 14.5. The van der Waals surface area contributed by atoms with Gasteiger partial charge in [-0.05, 0) is 18.1 Å². The summed E-state index contributed by atoms with van der Waals surface area (Å²) in [6.45, 7) is 0. The predicted molar refractivity (Wildman–Crippen MR) is 54.2 cm³/mol. The summed E-state index contributed by atoms with van der Waals surface area (Å²) in [5.74, 6) is 2.81. The number of benzene rings is 1. The highest BCUT2D eigenvalue weighted by molar-refractivity contribution is 6.36. The summed E-state index contributed by atoms with van der Waals surface area (Å²) in [6.07, 6.45) is 2.50. The fourth-order valence-electron chi connectivity index (χ4n) is 0.850. The van der Waals surface area contributed by atoms with Gasteiger partial charge in [-0.25, -0.2) is 0 Å². The van der Waals surface area contributed by atoms with Gasteiger partial charge in [0.15, 0.2) is 0 Å². The van der Waals surface area contributed by atoms with E-state index in [4.69, 9.17) is 14.0 Å². The molecule has 72 valence electrons. The molecule has 0 aromatic heterocycles. The lowest BCUT2D eigenvalue weighted by Crippen LogP contribution is -2.21. The third-order valence-electron chi connectivity index (χ3n) is 1.51. The molecular formula is C10H11BO3. The maximum absolute atomic E-state index is 4.94. The zero-order chi connectivity index (χ0) is 10.2. The van der Waals surface area contributed by atoms with Crippen LogP contribution in [0.15, 0.2) is 30.3 Å². The standard InChI is InChI=1S/C10H11BO3/c1-12-11(13-2)14-9-8-10-6-4-3-5-7-10/h3-7H,1-2H3. The molecule has 3 nitrogen and oxygen atoms in total. The van der Waals surface area contributed by atoms with Crippen molar-refractivity contribution in [3.63, 3.8) is 0 Å². The summed E-state index contributed by atoms with van der Waals surface area (Å²) in [4.78, 5) is 0. The van der Waals surface area contributed by atoms with E-state index in [9.17, 15) is 0 Å². The molecule has 0 aliphatic heterocycles. The van der Waals surface area contributed by atoms with Crippen LogP contribution in [0.5, 0.6) is 0 Å². The van der Waals surface area contributed by atoms with E-state index in [-0.39, 0.29) is 0 Å². The van der Waals surface area contributed by atoms with Crippen molar-refractivity contribution >= 4 is 7.32 Å². The number of hydrogen-bond donors (Lipinski definition) is 0. The molecule has 0 aliphatic carbocycles. The summed E-state index contributed by atoms with van der Waals surface area (Å²) in [5.41, 5.74) is 0.887. The Balaban J connectivity index is 2.48. The van der Waals surface area contributed by atoms with Gasteiger partial charge >= 0.3 is 7.32 Å². The molecule has 0 heterocycles. The molecule has 0 amide bonds. The van der Waals surface area contributed by atoms with Crippen LogP contribution in [0, 0.1) is 12.0 Å². The van der Waals surface area contributed by atoms with Crippen molar-refractivity contribution in [2.45, 2.75) is 0 Å². The van der Waals surface area contributed by atoms with Crippen LogP contribution in [0.2, 0.25) is 0 Å². The molecule has 0 saturated heterocycles. The fraction of sp³-hybridized carbons (Fsp3) is 0.200. The van der Waals surface area contributed by atoms with E-state index in [2.05, 4.69) is 12.0 Å². The smallest absolute Gasteiger partial charge is 0.462 e. The third-order valence-corrected chi connectivity index (χ3v) is 1.51. The van der Waals surface area contributed by atoms with Crippen LogP contribution in [-0.4, -0.2) is 21.5 Å². The van der Waals surface area contributed by atoms with Gasteiger partial charge in [0.1, 0.15) is 0 Å². The van der Waals surface area contributed by atoms with Crippen molar-refractivity contribution < 1.29 is 14.0 Å². The molecule has 14 heavy (non-hydrogen) atoms. The summed E-state index contributed by atoms with van der Waals surface area (Å²) in [5, 5.41) is 0. The minimum absolute atomic E-state index is 0.730. The van der Waals surface area contributed by atoms with E-state index in [1.165, 1.54) is 14.2 Å². The lowest BCUT2D eigenvalue weighted by molar-refractivity contribution is 0.190. The van der Waals surface area contributed by atoms with Crippen molar-refractivity contribution in [3.05, 3.63) is 35.9 Å². The number of rotatable bonds is 3. The first-order chi connectivity index (χ1) is 6.86. The Hall–Kier alpha value is -1.44. The molecule has 0 atom stereocenters. The van der Waals surface area contributed by atoms with Crippen LogP contribution >= 0.6 is 0 Å². The zero-order valence-electron chi connectivity index (χ0n) is 8.19. The van der Waals surface area contributed by atoms with Crippen LogP contribution < -0.4 is 0 Å². The molecule has 0 spiro atoms. The summed E-state index contributed by atoms with van der Waals surface area (Å²) in [6, 6.07) is 9.54. The first-order valence-electron chi connectivity index (χ1n) is 4.14. The molecule has 0 saturated carbocycles. The molecule has 1 aromatic rings. The normalized spacial score (nSPS) is 8.71. The molecule has 1 rings (SSSR count). The van der Waals surface area contributed by atoms with Crippen LogP contribution in [0.4, 0.5) is 0 Å². The molecular weight excluding hydrogens is 179 g/mol. The quantitative estimate of drug-likeness (QED) is 0.530. The first-order valence-corrected chi connectivity index (χ1v) is 4.14. The van der Waals surface area contributed by atoms with E-state index in [0.29, 0.717) is 0 Å². The molecule has 0 fully saturated rings. The fourth-order valence-corrected chi connectivity index (χ4v) is 0.850. The van der Waals surface area contributed by atoms with Crippen molar-refractivity contribution in [1.29, 1.82) is 0 Å². The minimum atomic E-state index is -0.730. The Morgan fingerprint density at radius 2 is 1.71 bits per heavy atom. The topological polar surface area (TPSA) is 27.7 Å². The third kappa shape index (κ3) is 3.52. The van der Waals surface area contributed by atoms with Crippen LogP contribution in [0.1, 0.15) is 5.56 Å². The van der Waals surface area contributed by atoms with Crippen molar-refractivity contribution in [2.24, 2.45) is 0 Å². The molecule has 0 radical (unpaired) electrons. The van der Waals surface area contributed by atoms with Gasteiger partial charge in [0.2, 0.25) is 0 Å². The molecule has 0 N–H and O–H groups in total. The Kier molecular flexibility index (Phi) is 4.63. The predicted octanol–water partition coefficient (Wildman–Crippen LogP) is 1.29. The maximum atomic E-state index is 4.94. The Bertz CT molecular complexity index is 311. The molecule has 4 heteroatoms. The van der Waals surface area contributed by atoms with Gasteiger partial charge in [-0.1, -0.05) is 18.2 Å². The second kappa shape index (κ2) is 6.08. The van der Waals surface area contributed by atoms with Gasteiger partial charge in [-0.3, -0.25) is 0 Å². The van der Waals surface area contributed by atoms with Gasteiger partial charge in [-0.15, -0.1) is 0 Å². The maximum Gasteiger partial charge on any atom is 0.721 e. The highest BCUT2D eigenvalue weighted by atomic mass is 16.7. The average molecular weight is 190 g/mol. The Labute approximate surface area is 84.2 Å².